The zero-order valence-electron chi connectivity index (χ0n) is 23.0. The first-order valence-corrected chi connectivity index (χ1v) is 15.1. The number of ketones is 2. The van der Waals surface area contributed by atoms with Gasteiger partial charge in [0.15, 0.2) is 11.6 Å². The number of amides is 2. The van der Waals surface area contributed by atoms with Gasteiger partial charge >= 0.3 is 0 Å². The average Bonchev–Trinajstić information content (AvgIpc) is 3.62. The number of rotatable bonds is 5. The van der Waals surface area contributed by atoms with Gasteiger partial charge in [-0.15, -0.1) is 11.3 Å². The fourth-order valence-corrected chi connectivity index (χ4v) is 8.66. The summed E-state index contributed by atoms with van der Waals surface area (Å²) in [5, 5.41) is 1.84. The summed E-state index contributed by atoms with van der Waals surface area (Å²) >= 11 is 1.33. The van der Waals surface area contributed by atoms with Crippen LogP contribution in [0.5, 0.6) is 0 Å². The second-order valence-electron chi connectivity index (χ2n) is 12.2. The lowest BCUT2D eigenvalue weighted by Crippen LogP contribution is -2.60. The van der Waals surface area contributed by atoms with Crippen LogP contribution in [0.15, 0.2) is 60.0 Å². The maximum Gasteiger partial charge on any atom is 0.239 e. The Labute approximate surface area is 238 Å². The van der Waals surface area contributed by atoms with Crippen molar-refractivity contribution in [2.24, 2.45) is 17.8 Å². The Morgan fingerprint density at radius 3 is 2.15 bits per heavy atom. The number of fused-ring (bicyclic) bond motifs is 4. The van der Waals surface area contributed by atoms with Crippen LogP contribution in [0.4, 0.5) is 5.69 Å². The topological polar surface area (TPSA) is 74.8 Å². The molecule has 4 bridgehead atoms. The van der Waals surface area contributed by atoms with Gasteiger partial charge in [-0.25, -0.2) is 4.90 Å². The fourth-order valence-electron chi connectivity index (χ4n) is 7.95. The predicted molar refractivity (Wildman–Crippen MR) is 154 cm³/mol. The molecule has 40 heavy (non-hydrogen) atoms. The first kappa shape index (κ1) is 25.5. The van der Waals surface area contributed by atoms with Crippen LogP contribution in [0.3, 0.4) is 0 Å². The Balaban J connectivity index is 1.40. The molecule has 0 radical (unpaired) electrons. The molecule has 3 saturated heterocycles. The smallest absolute Gasteiger partial charge is 0.239 e. The van der Waals surface area contributed by atoms with E-state index in [0.717, 1.165) is 22.3 Å². The van der Waals surface area contributed by atoms with Gasteiger partial charge in [0, 0.05) is 18.5 Å². The predicted octanol–water partition coefficient (Wildman–Crippen LogP) is 5.53. The number of para-hydroxylation sites is 1. The van der Waals surface area contributed by atoms with E-state index in [1.165, 1.54) is 16.2 Å². The number of piperidine rings is 1. The van der Waals surface area contributed by atoms with Crippen LogP contribution < -0.4 is 4.90 Å². The van der Waals surface area contributed by atoms with Gasteiger partial charge in [0.05, 0.1) is 34.4 Å². The van der Waals surface area contributed by atoms with Crippen LogP contribution in [0.2, 0.25) is 0 Å². The maximum atomic E-state index is 14.5. The molecule has 3 fully saturated rings. The number of thiophene rings is 1. The van der Waals surface area contributed by atoms with E-state index in [1.807, 2.05) is 53.9 Å². The molecule has 0 spiro atoms. The van der Waals surface area contributed by atoms with E-state index >= 15 is 0 Å². The average molecular weight is 553 g/mol. The Morgan fingerprint density at radius 1 is 0.825 bits per heavy atom. The van der Waals surface area contributed by atoms with Crippen molar-refractivity contribution in [3.05, 3.63) is 87.1 Å². The van der Waals surface area contributed by atoms with Crippen molar-refractivity contribution in [2.75, 3.05) is 4.90 Å². The highest BCUT2D eigenvalue weighted by Gasteiger charge is 2.72. The summed E-state index contributed by atoms with van der Waals surface area (Å²) in [4.78, 5) is 61.3. The molecule has 2 aromatic carbocycles. The van der Waals surface area contributed by atoms with E-state index in [2.05, 4.69) is 32.6 Å². The molecule has 204 valence electrons. The molecule has 3 aromatic rings. The van der Waals surface area contributed by atoms with Gasteiger partial charge in [0.2, 0.25) is 11.8 Å². The van der Waals surface area contributed by atoms with Crippen LogP contribution in [-0.4, -0.2) is 40.4 Å². The molecular formula is C33H32N2O4S. The van der Waals surface area contributed by atoms with E-state index in [9.17, 15) is 19.2 Å². The minimum Gasteiger partial charge on any atom is -0.297 e. The monoisotopic (exact) mass is 552 g/mol. The number of nitrogens with zero attached hydrogens (tertiary/aromatic N) is 2. The van der Waals surface area contributed by atoms with Gasteiger partial charge in [-0.1, -0.05) is 76.2 Å². The van der Waals surface area contributed by atoms with Gasteiger partial charge in [0.1, 0.15) is 0 Å². The molecule has 7 rings (SSSR count). The molecule has 5 heterocycles. The first-order chi connectivity index (χ1) is 19.2. The van der Waals surface area contributed by atoms with Crippen LogP contribution >= 0.6 is 11.3 Å². The van der Waals surface area contributed by atoms with Crippen molar-refractivity contribution in [3.63, 3.8) is 0 Å². The van der Waals surface area contributed by atoms with Crippen LogP contribution in [-0.2, 0) is 20.9 Å². The zero-order valence-corrected chi connectivity index (χ0v) is 23.9. The summed E-state index contributed by atoms with van der Waals surface area (Å²) in [6.45, 7) is 8.78. The second kappa shape index (κ2) is 9.05. The van der Waals surface area contributed by atoms with Gasteiger partial charge < -0.3 is 0 Å². The second-order valence-corrected chi connectivity index (χ2v) is 13.2. The molecular weight excluding hydrogens is 520 g/mol. The normalized spacial score (nSPS) is 30.3. The summed E-state index contributed by atoms with van der Waals surface area (Å²) in [7, 11) is 0. The number of benzene rings is 2. The first-order valence-electron chi connectivity index (χ1n) is 14.2. The van der Waals surface area contributed by atoms with Crippen molar-refractivity contribution < 1.29 is 19.2 Å². The van der Waals surface area contributed by atoms with Crippen LogP contribution in [0, 0.1) is 17.8 Å². The van der Waals surface area contributed by atoms with E-state index in [0.29, 0.717) is 17.1 Å². The van der Waals surface area contributed by atoms with Gasteiger partial charge in [-0.05, 0) is 45.5 Å². The summed E-state index contributed by atoms with van der Waals surface area (Å²) in [5.41, 5.74) is 4.63. The Hall–Kier alpha value is -3.42. The number of imide groups is 1. The molecule has 0 N–H and O–H groups in total. The maximum absolute atomic E-state index is 14.5. The minimum absolute atomic E-state index is 0.110. The van der Waals surface area contributed by atoms with E-state index in [1.54, 1.807) is 6.07 Å². The number of hydrogen-bond donors (Lipinski definition) is 0. The number of carbonyl (C=O) groups is 4. The van der Waals surface area contributed by atoms with Crippen molar-refractivity contribution in [1.29, 1.82) is 0 Å². The molecule has 4 aliphatic heterocycles. The Bertz CT molecular complexity index is 1550. The molecule has 0 saturated carbocycles. The third kappa shape index (κ3) is 3.31. The Morgan fingerprint density at radius 2 is 1.50 bits per heavy atom. The minimum atomic E-state index is -0.903. The highest BCUT2D eigenvalue weighted by atomic mass is 32.1. The van der Waals surface area contributed by atoms with Crippen LogP contribution in [0.1, 0.15) is 77.4 Å². The lowest BCUT2D eigenvalue weighted by Gasteiger charge is -2.49. The third-order valence-corrected chi connectivity index (χ3v) is 10.4. The molecule has 4 aliphatic rings. The summed E-state index contributed by atoms with van der Waals surface area (Å²) < 4.78 is 0. The highest BCUT2D eigenvalue weighted by Crippen LogP contribution is 2.58. The summed E-state index contributed by atoms with van der Waals surface area (Å²) in [5.74, 6) is -3.55. The SMILES string of the molecule is CC(C)c1cccc(C(C)C)c1N1C(=O)[C@@H]2[C@H](C1=O)[C@H]1C(=O)[C@H](C(=O)c3cccs3)C3c4ccccc4CN1[C@H]32. The Kier molecular flexibility index (Phi) is 5.78. The standard InChI is InChI=1S/C33H32N2O4S/c1-16(2)19-11-7-12-20(17(3)4)27(19)35-32(38)24-25(33(35)39)29-31(37)26(30(36)22-13-8-14-40-22)23-21-10-6-5-9-18(21)15-34(29)28(23)24/h5-14,16-17,23-26,28-29H,15H2,1-4H3/t23?,24-,25+,26+,28-,29+/m1/s1. The number of Topliss-reactive ketones (excluding diaryl/α,β-unsaturated/α-hetero) is 2. The van der Waals surface area contributed by atoms with E-state index in [4.69, 9.17) is 0 Å². The molecule has 7 heteroatoms. The number of hydrogen-bond acceptors (Lipinski definition) is 6. The molecule has 0 aliphatic carbocycles. The molecule has 2 unspecified atom stereocenters. The van der Waals surface area contributed by atoms with E-state index in [-0.39, 0.29) is 41.3 Å². The molecule has 2 amide bonds. The fraction of sp³-hybridized carbons (Fsp3) is 0.394. The van der Waals surface area contributed by atoms with Crippen molar-refractivity contribution >= 4 is 40.4 Å². The lowest BCUT2D eigenvalue weighted by atomic mass is 9.68. The lowest BCUT2D eigenvalue weighted by molar-refractivity contribution is -0.137. The number of anilines is 1. The molecule has 6 nitrogen and oxygen atoms in total. The van der Waals surface area contributed by atoms with Gasteiger partial charge in [-0.2, -0.15) is 0 Å². The largest absolute Gasteiger partial charge is 0.297 e. The molecule has 1 aromatic heterocycles. The summed E-state index contributed by atoms with van der Waals surface area (Å²) in [6.07, 6.45) is 0. The van der Waals surface area contributed by atoms with E-state index < -0.39 is 29.7 Å². The highest BCUT2D eigenvalue weighted by molar-refractivity contribution is 7.12. The van der Waals surface area contributed by atoms with Gasteiger partial charge in [0.25, 0.3) is 0 Å². The zero-order chi connectivity index (χ0) is 28.0. The van der Waals surface area contributed by atoms with Crippen molar-refractivity contribution in [2.45, 2.75) is 64.1 Å². The molecule has 7 atom stereocenters. The van der Waals surface area contributed by atoms with Crippen molar-refractivity contribution in [3.8, 4) is 0 Å². The quantitative estimate of drug-likeness (QED) is 0.236. The van der Waals surface area contributed by atoms with Crippen molar-refractivity contribution in [1.82, 2.24) is 4.90 Å². The summed E-state index contributed by atoms with van der Waals surface area (Å²) in [6, 6.07) is 16.3. The van der Waals surface area contributed by atoms with Gasteiger partial charge in [-0.3, -0.25) is 24.1 Å². The number of carbonyl (C=O) groups excluding carboxylic acids is 4. The van der Waals surface area contributed by atoms with Crippen LogP contribution in [0.25, 0.3) is 0 Å². The third-order valence-electron chi connectivity index (χ3n) is 9.55.